The maximum Gasteiger partial charge on any atom is 0.573 e. The van der Waals surface area contributed by atoms with E-state index in [2.05, 4.69) is 4.74 Å². The number of thiophene rings is 1. The molecular weight excluding hydrogens is 293 g/mol. The first kappa shape index (κ1) is 14.7. The van der Waals surface area contributed by atoms with E-state index in [1.54, 1.807) is 11.4 Å². The molecule has 0 spiro atoms. The fourth-order valence-corrected chi connectivity index (χ4v) is 2.52. The van der Waals surface area contributed by atoms with Crippen molar-refractivity contribution in [2.24, 2.45) is 0 Å². The molecule has 0 fully saturated rings. The Kier molecular flexibility index (Phi) is 4.20. The second-order valence-electron chi connectivity index (χ2n) is 3.88. The summed E-state index contributed by atoms with van der Waals surface area (Å²) in [5.74, 6) is 0.123. The number of aliphatic hydroxyl groups excluding tert-OH is 1. The van der Waals surface area contributed by atoms with E-state index in [-0.39, 0.29) is 5.56 Å². The summed E-state index contributed by atoms with van der Waals surface area (Å²) in [6.07, 6.45) is -6.01. The summed E-state index contributed by atoms with van der Waals surface area (Å²) in [6.45, 7) is 0. The average Bonchev–Trinajstić information content (AvgIpc) is 2.85. The van der Waals surface area contributed by atoms with Gasteiger partial charge in [-0.3, -0.25) is 0 Å². The minimum atomic E-state index is -4.80. The average molecular weight is 304 g/mol. The highest BCUT2D eigenvalue weighted by atomic mass is 32.1. The minimum absolute atomic E-state index is 0.0503. The van der Waals surface area contributed by atoms with Crippen LogP contribution in [0.15, 0.2) is 35.7 Å². The van der Waals surface area contributed by atoms with E-state index in [1.165, 1.54) is 36.6 Å². The van der Waals surface area contributed by atoms with Crippen LogP contribution in [-0.2, 0) is 0 Å². The van der Waals surface area contributed by atoms with Gasteiger partial charge in [0.05, 0.1) is 7.11 Å². The van der Waals surface area contributed by atoms with Crippen LogP contribution in [0.3, 0.4) is 0 Å². The van der Waals surface area contributed by atoms with Gasteiger partial charge in [-0.15, -0.1) is 24.5 Å². The third-order valence-electron chi connectivity index (χ3n) is 2.54. The summed E-state index contributed by atoms with van der Waals surface area (Å²) in [5, 5.41) is 11.8. The standard InChI is InChI=1S/C13H11F3O3S/c1-18-8-6-11(20-7-8)12(17)9-4-2-3-5-10(9)19-13(14,15)16/h2-7,12,17H,1H3. The number of halogens is 3. The van der Waals surface area contributed by atoms with E-state index >= 15 is 0 Å². The molecule has 108 valence electrons. The Morgan fingerprint density at radius 2 is 1.95 bits per heavy atom. The Labute approximate surface area is 117 Å². The SMILES string of the molecule is COc1csc(C(O)c2ccccc2OC(F)(F)F)c1. The topological polar surface area (TPSA) is 38.7 Å². The Hall–Kier alpha value is -1.73. The number of hydrogen-bond donors (Lipinski definition) is 1. The summed E-state index contributed by atoms with van der Waals surface area (Å²) in [7, 11) is 1.47. The van der Waals surface area contributed by atoms with Gasteiger partial charge >= 0.3 is 6.36 Å². The third kappa shape index (κ3) is 3.43. The van der Waals surface area contributed by atoms with Gasteiger partial charge in [0.25, 0.3) is 0 Å². The van der Waals surface area contributed by atoms with Crippen molar-refractivity contribution in [2.75, 3.05) is 7.11 Å². The lowest BCUT2D eigenvalue weighted by Gasteiger charge is -2.16. The smallest absolute Gasteiger partial charge is 0.496 e. The van der Waals surface area contributed by atoms with Crippen LogP contribution in [0.5, 0.6) is 11.5 Å². The number of benzene rings is 1. The second-order valence-corrected chi connectivity index (χ2v) is 4.82. The van der Waals surface area contributed by atoms with Crippen LogP contribution in [0.4, 0.5) is 13.2 Å². The van der Waals surface area contributed by atoms with Crippen LogP contribution in [0.2, 0.25) is 0 Å². The van der Waals surface area contributed by atoms with Gasteiger partial charge in [-0.1, -0.05) is 18.2 Å². The molecule has 0 aliphatic carbocycles. The molecule has 2 aromatic rings. The van der Waals surface area contributed by atoms with E-state index < -0.39 is 18.2 Å². The molecule has 2 rings (SSSR count). The highest BCUT2D eigenvalue weighted by Crippen LogP contribution is 2.36. The van der Waals surface area contributed by atoms with Crippen molar-refractivity contribution in [3.05, 3.63) is 46.2 Å². The predicted octanol–water partition coefficient (Wildman–Crippen LogP) is 3.74. The molecule has 0 bridgehead atoms. The van der Waals surface area contributed by atoms with Crippen molar-refractivity contribution in [1.82, 2.24) is 0 Å². The van der Waals surface area contributed by atoms with Gasteiger partial charge in [-0.2, -0.15) is 0 Å². The van der Waals surface area contributed by atoms with Gasteiger partial charge in [0.15, 0.2) is 0 Å². The number of para-hydroxylation sites is 1. The molecule has 7 heteroatoms. The number of ether oxygens (including phenoxy) is 2. The monoisotopic (exact) mass is 304 g/mol. The lowest BCUT2D eigenvalue weighted by atomic mass is 10.1. The van der Waals surface area contributed by atoms with Crippen molar-refractivity contribution in [3.8, 4) is 11.5 Å². The molecule has 1 heterocycles. The first-order valence-corrected chi connectivity index (χ1v) is 6.44. The van der Waals surface area contributed by atoms with Crippen LogP contribution in [-0.4, -0.2) is 18.6 Å². The third-order valence-corrected chi connectivity index (χ3v) is 3.50. The number of hydrogen-bond acceptors (Lipinski definition) is 4. The Morgan fingerprint density at radius 3 is 2.55 bits per heavy atom. The first-order chi connectivity index (χ1) is 9.40. The van der Waals surface area contributed by atoms with Gasteiger partial charge in [-0.05, 0) is 12.1 Å². The molecule has 20 heavy (non-hydrogen) atoms. The predicted molar refractivity (Wildman–Crippen MR) is 68.1 cm³/mol. The van der Waals surface area contributed by atoms with Crippen LogP contribution < -0.4 is 9.47 Å². The zero-order valence-corrected chi connectivity index (χ0v) is 11.2. The maximum absolute atomic E-state index is 12.3. The number of rotatable bonds is 4. The van der Waals surface area contributed by atoms with Crippen LogP contribution >= 0.6 is 11.3 Å². The summed E-state index contributed by atoms with van der Waals surface area (Å²) in [5.41, 5.74) is 0.0503. The summed E-state index contributed by atoms with van der Waals surface area (Å²) in [6, 6.07) is 7.06. The maximum atomic E-state index is 12.3. The van der Waals surface area contributed by atoms with Gasteiger partial charge in [0.2, 0.25) is 0 Å². The number of alkyl halides is 3. The number of aliphatic hydroxyl groups is 1. The number of methoxy groups -OCH3 is 1. The molecule has 3 nitrogen and oxygen atoms in total. The summed E-state index contributed by atoms with van der Waals surface area (Å²) in [4.78, 5) is 0.472. The molecule has 0 aliphatic rings. The molecule has 0 aliphatic heterocycles. The highest BCUT2D eigenvalue weighted by Gasteiger charge is 2.33. The van der Waals surface area contributed by atoms with Crippen molar-refractivity contribution < 1.29 is 27.8 Å². The lowest BCUT2D eigenvalue weighted by Crippen LogP contribution is -2.18. The van der Waals surface area contributed by atoms with Gasteiger partial charge < -0.3 is 14.6 Å². The Balaban J connectivity index is 2.31. The fraction of sp³-hybridized carbons (Fsp3) is 0.231. The first-order valence-electron chi connectivity index (χ1n) is 5.56. The fourth-order valence-electron chi connectivity index (χ4n) is 1.66. The molecule has 1 N–H and O–H groups in total. The van der Waals surface area contributed by atoms with E-state index in [9.17, 15) is 18.3 Å². The summed E-state index contributed by atoms with van der Waals surface area (Å²) >= 11 is 1.19. The van der Waals surface area contributed by atoms with E-state index in [0.29, 0.717) is 10.6 Å². The van der Waals surface area contributed by atoms with Crippen LogP contribution in [0.1, 0.15) is 16.5 Å². The molecule has 0 saturated heterocycles. The Morgan fingerprint density at radius 1 is 1.25 bits per heavy atom. The zero-order valence-electron chi connectivity index (χ0n) is 10.3. The van der Waals surface area contributed by atoms with Crippen LogP contribution in [0, 0.1) is 0 Å². The zero-order chi connectivity index (χ0) is 14.8. The molecular formula is C13H11F3O3S. The second kappa shape index (κ2) is 5.72. The summed E-state index contributed by atoms with van der Waals surface area (Å²) < 4.78 is 45.9. The molecule has 1 atom stereocenters. The van der Waals surface area contributed by atoms with E-state index in [0.717, 1.165) is 6.07 Å². The van der Waals surface area contributed by atoms with Crippen molar-refractivity contribution in [2.45, 2.75) is 12.5 Å². The lowest BCUT2D eigenvalue weighted by molar-refractivity contribution is -0.275. The Bertz CT molecular complexity index is 580. The van der Waals surface area contributed by atoms with Gasteiger partial charge in [0, 0.05) is 15.8 Å². The molecule has 1 aromatic carbocycles. The largest absolute Gasteiger partial charge is 0.573 e. The molecule has 0 amide bonds. The van der Waals surface area contributed by atoms with E-state index in [4.69, 9.17) is 4.74 Å². The van der Waals surface area contributed by atoms with Crippen molar-refractivity contribution in [3.63, 3.8) is 0 Å². The van der Waals surface area contributed by atoms with Gasteiger partial charge in [-0.25, -0.2) is 0 Å². The van der Waals surface area contributed by atoms with Gasteiger partial charge in [0.1, 0.15) is 17.6 Å². The minimum Gasteiger partial charge on any atom is -0.496 e. The van der Waals surface area contributed by atoms with Crippen molar-refractivity contribution in [1.29, 1.82) is 0 Å². The molecule has 0 radical (unpaired) electrons. The molecule has 1 aromatic heterocycles. The van der Waals surface area contributed by atoms with Crippen molar-refractivity contribution >= 4 is 11.3 Å². The van der Waals surface area contributed by atoms with Crippen LogP contribution in [0.25, 0.3) is 0 Å². The molecule has 0 saturated carbocycles. The quantitative estimate of drug-likeness (QED) is 0.935. The normalized spacial score (nSPS) is 13.1. The highest BCUT2D eigenvalue weighted by molar-refractivity contribution is 7.10. The molecule has 1 unspecified atom stereocenters. The van der Waals surface area contributed by atoms with E-state index in [1.807, 2.05) is 0 Å².